The molecule has 1 aromatic heterocycles. The smallest absolute Gasteiger partial charge is 0.252 e. The Bertz CT molecular complexity index is 998. The lowest BCUT2D eigenvalue weighted by molar-refractivity contribution is 0.0545. The van der Waals surface area contributed by atoms with E-state index >= 15 is 0 Å². The minimum Gasteiger partial charge on any atom is -0.355 e. The van der Waals surface area contributed by atoms with Crippen LogP contribution in [0.1, 0.15) is 50.5 Å². The number of carbonyl (C=O) groups excluding carboxylic acids is 1. The molecule has 0 bridgehead atoms. The number of nitrogens with one attached hydrogen (secondary N) is 1. The summed E-state index contributed by atoms with van der Waals surface area (Å²) in [6.07, 6.45) is 5.17. The lowest BCUT2D eigenvalue weighted by Gasteiger charge is -2.48. The van der Waals surface area contributed by atoms with Crippen LogP contribution in [0.3, 0.4) is 0 Å². The number of benzene rings is 1. The van der Waals surface area contributed by atoms with Crippen molar-refractivity contribution >= 4 is 34.9 Å². The first-order valence-corrected chi connectivity index (χ1v) is 13.4. The van der Waals surface area contributed by atoms with E-state index in [2.05, 4.69) is 51.0 Å². The quantitative estimate of drug-likeness (QED) is 0.544. The monoisotopic (exact) mass is 519 g/mol. The molecule has 0 radical (unpaired) electrons. The third-order valence-corrected chi connectivity index (χ3v) is 7.76. The van der Waals surface area contributed by atoms with Crippen molar-refractivity contribution in [3.8, 4) is 0 Å². The van der Waals surface area contributed by atoms with Crippen LogP contribution in [0.25, 0.3) is 0 Å². The van der Waals surface area contributed by atoms with Gasteiger partial charge in [-0.3, -0.25) is 14.6 Å². The zero-order chi connectivity index (χ0) is 24.9. The van der Waals surface area contributed by atoms with Crippen LogP contribution >= 0.6 is 23.2 Å². The number of amides is 1. The van der Waals surface area contributed by atoms with Crippen molar-refractivity contribution in [1.29, 1.82) is 0 Å². The average molecular weight is 521 g/mol. The number of hydrogen-bond acceptors (Lipinski definition) is 5. The van der Waals surface area contributed by atoms with Crippen LogP contribution in [-0.4, -0.2) is 72.5 Å². The first kappa shape index (κ1) is 26.2. The number of carbonyl (C=O) groups is 1. The number of likely N-dealkylation sites (tertiary alicyclic amines) is 1. The van der Waals surface area contributed by atoms with E-state index in [9.17, 15) is 4.79 Å². The summed E-state index contributed by atoms with van der Waals surface area (Å²) in [4.78, 5) is 24.1. The fourth-order valence-electron chi connectivity index (χ4n) is 5.49. The number of nitrogens with zero attached hydrogens (tertiary/aromatic N) is 4. The molecule has 4 rings (SSSR count). The minimum atomic E-state index is -0.171. The van der Waals surface area contributed by atoms with Crippen molar-refractivity contribution in [2.45, 2.75) is 51.7 Å². The van der Waals surface area contributed by atoms with Gasteiger partial charge in [-0.15, -0.1) is 0 Å². The van der Waals surface area contributed by atoms with Crippen molar-refractivity contribution < 1.29 is 6.22 Å². The standard InChI is InChI=1S/C27H37Cl2N5O.H2/c1-19(2)14-24-18-33(26-25(29)15-21(16-31-26)27(35)30-3)12-13-34(24)23-8-10-32(11-9-23)17-20-4-6-22(28)7-5-20;/h4-7,15-16,19,23-24H,8-14,17-18H2,1-3H3,(H,30,35);1H/t24-;/m0./s1. The van der Waals surface area contributed by atoms with Gasteiger partial charge < -0.3 is 10.2 Å². The van der Waals surface area contributed by atoms with E-state index in [0.29, 0.717) is 28.6 Å². The molecule has 35 heavy (non-hydrogen) atoms. The number of hydrogen-bond donors (Lipinski definition) is 1. The van der Waals surface area contributed by atoms with Gasteiger partial charge in [0.25, 0.3) is 5.91 Å². The SMILES string of the molecule is CNC(=O)c1cnc(N2CCN(C3CCN(Cc4ccc(Cl)cc4)CC3)[C@@H](CC(C)C)C2)c(Cl)c1.[HH]. The number of rotatable bonds is 7. The molecule has 0 saturated carbocycles. The van der Waals surface area contributed by atoms with Gasteiger partial charge in [-0.25, -0.2) is 4.98 Å². The van der Waals surface area contributed by atoms with Crippen LogP contribution in [0.4, 0.5) is 5.82 Å². The highest BCUT2D eigenvalue weighted by atomic mass is 35.5. The summed E-state index contributed by atoms with van der Waals surface area (Å²) in [6.45, 7) is 10.6. The molecule has 8 heteroatoms. The van der Waals surface area contributed by atoms with Crippen LogP contribution < -0.4 is 10.2 Å². The van der Waals surface area contributed by atoms with Gasteiger partial charge in [0.15, 0.2) is 0 Å². The molecule has 2 aliphatic rings. The van der Waals surface area contributed by atoms with Gasteiger partial charge in [0.05, 0.1) is 10.6 Å². The predicted molar refractivity (Wildman–Crippen MR) is 147 cm³/mol. The third-order valence-electron chi connectivity index (χ3n) is 7.23. The molecule has 0 aliphatic carbocycles. The minimum absolute atomic E-state index is 0. The second-order valence-electron chi connectivity index (χ2n) is 10.2. The summed E-state index contributed by atoms with van der Waals surface area (Å²) >= 11 is 12.6. The summed E-state index contributed by atoms with van der Waals surface area (Å²) in [6, 6.07) is 11.0. The maximum atomic E-state index is 11.9. The van der Waals surface area contributed by atoms with Gasteiger partial charge in [-0.1, -0.05) is 49.2 Å². The molecule has 1 amide bonds. The molecular weight excluding hydrogens is 481 g/mol. The van der Waals surface area contributed by atoms with Gasteiger partial charge in [-0.05, 0) is 62.0 Å². The molecule has 2 aromatic rings. The molecule has 1 aromatic carbocycles. The number of anilines is 1. The van der Waals surface area contributed by atoms with E-state index in [-0.39, 0.29) is 7.33 Å². The van der Waals surface area contributed by atoms with Crippen LogP contribution in [0.15, 0.2) is 36.5 Å². The second kappa shape index (κ2) is 11.9. The Hall–Kier alpha value is -1.86. The number of aromatic nitrogens is 1. The first-order valence-electron chi connectivity index (χ1n) is 12.7. The normalized spacial score (nSPS) is 20.4. The van der Waals surface area contributed by atoms with Crippen LogP contribution in [0.2, 0.25) is 10.0 Å². The summed E-state index contributed by atoms with van der Waals surface area (Å²) < 4.78 is 0. The summed E-state index contributed by atoms with van der Waals surface area (Å²) in [5.74, 6) is 1.23. The molecular formula is C27H39Cl2N5O. The summed E-state index contributed by atoms with van der Waals surface area (Å²) in [5.41, 5.74) is 1.81. The van der Waals surface area contributed by atoms with Crippen molar-refractivity contribution in [3.63, 3.8) is 0 Å². The first-order chi connectivity index (χ1) is 16.8. The average Bonchev–Trinajstić information content (AvgIpc) is 2.85. The molecule has 0 unspecified atom stereocenters. The van der Waals surface area contributed by atoms with Gasteiger partial charge >= 0.3 is 0 Å². The molecule has 0 spiro atoms. The number of piperidine rings is 1. The van der Waals surface area contributed by atoms with E-state index < -0.39 is 0 Å². The Morgan fingerprint density at radius 2 is 1.86 bits per heavy atom. The number of halogens is 2. The Labute approximate surface area is 221 Å². The zero-order valence-electron chi connectivity index (χ0n) is 21.0. The summed E-state index contributed by atoms with van der Waals surface area (Å²) in [5, 5.41) is 3.96. The lowest BCUT2D eigenvalue weighted by atomic mass is 9.94. The third kappa shape index (κ3) is 6.67. The molecule has 2 fully saturated rings. The van der Waals surface area contributed by atoms with E-state index in [4.69, 9.17) is 23.2 Å². The van der Waals surface area contributed by atoms with Gasteiger partial charge in [0.1, 0.15) is 5.82 Å². The van der Waals surface area contributed by atoms with Crippen molar-refractivity contribution in [2.75, 3.05) is 44.7 Å². The van der Waals surface area contributed by atoms with E-state index in [1.54, 1.807) is 19.3 Å². The van der Waals surface area contributed by atoms with E-state index in [1.165, 1.54) is 18.4 Å². The number of piperazine rings is 1. The van der Waals surface area contributed by atoms with Crippen molar-refractivity contribution in [2.24, 2.45) is 5.92 Å². The lowest BCUT2D eigenvalue weighted by Crippen LogP contribution is -2.59. The molecule has 2 saturated heterocycles. The van der Waals surface area contributed by atoms with Crippen LogP contribution in [0.5, 0.6) is 0 Å². The van der Waals surface area contributed by atoms with Crippen molar-refractivity contribution in [1.82, 2.24) is 20.1 Å². The Kier molecular flexibility index (Phi) is 8.92. The predicted octanol–water partition coefficient (Wildman–Crippen LogP) is 5.20. The largest absolute Gasteiger partial charge is 0.355 e. The Morgan fingerprint density at radius 3 is 2.49 bits per heavy atom. The zero-order valence-corrected chi connectivity index (χ0v) is 22.5. The van der Waals surface area contributed by atoms with E-state index in [0.717, 1.165) is 56.5 Å². The fraction of sp³-hybridized carbons (Fsp3) is 0.556. The molecule has 1 atom stereocenters. The maximum absolute atomic E-state index is 11.9. The highest BCUT2D eigenvalue weighted by Gasteiger charge is 2.35. The highest BCUT2D eigenvalue weighted by molar-refractivity contribution is 6.33. The molecule has 192 valence electrons. The Balaban J connectivity index is 0.00000361. The maximum Gasteiger partial charge on any atom is 0.252 e. The van der Waals surface area contributed by atoms with Gasteiger partial charge in [0.2, 0.25) is 0 Å². The van der Waals surface area contributed by atoms with Crippen LogP contribution in [-0.2, 0) is 6.54 Å². The molecule has 3 heterocycles. The summed E-state index contributed by atoms with van der Waals surface area (Å²) in [7, 11) is 1.61. The Morgan fingerprint density at radius 1 is 1.14 bits per heavy atom. The number of pyridine rings is 1. The highest BCUT2D eigenvalue weighted by Crippen LogP contribution is 2.31. The molecule has 6 nitrogen and oxygen atoms in total. The topological polar surface area (TPSA) is 51.7 Å². The fourth-order valence-corrected chi connectivity index (χ4v) is 5.90. The van der Waals surface area contributed by atoms with Gasteiger partial charge in [0, 0.05) is 58.0 Å². The molecule has 1 N–H and O–H groups in total. The second-order valence-corrected chi connectivity index (χ2v) is 11.1. The van der Waals surface area contributed by atoms with Gasteiger partial charge in [-0.2, -0.15) is 0 Å². The molecule has 2 aliphatic heterocycles. The van der Waals surface area contributed by atoms with Crippen molar-refractivity contribution in [3.05, 3.63) is 57.7 Å². The van der Waals surface area contributed by atoms with Crippen LogP contribution in [0, 0.1) is 5.92 Å². The van der Waals surface area contributed by atoms with E-state index in [1.807, 2.05) is 12.1 Å².